The molecule has 1 atom stereocenters. The van der Waals surface area contributed by atoms with Gasteiger partial charge in [0.25, 0.3) is 0 Å². The zero-order valence-electron chi connectivity index (χ0n) is 9.78. The van der Waals surface area contributed by atoms with Crippen molar-refractivity contribution in [3.8, 4) is 11.8 Å². The first-order valence-corrected chi connectivity index (χ1v) is 5.02. The lowest BCUT2D eigenvalue weighted by molar-refractivity contribution is -0.142. The average molecular weight is 224 g/mol. The summed E-state index contributed by atoms with van der Waals surface area (Å²) in [5, 5.41) is 0. The molecule has 0 saturated heterocycles. The molecule has 0 saturated carbocycles. The topological polar surface area (TPSA) is 52.6 Å². The number of rotatable bonds is 4. The summed E-state index contributed by atoms with van der Waals surface area (Å²) in [6, 6.07) is 0. The summed E-state index contributed by atoms with van der Waals surface area (Å²) in [4.78, 5) is 21.9. The van der Waals surface area contributed by atoms with Crippen molar-refractivity contribution in [2.75, 3.05) is 6.61 Å². The first-order valence-electron chi connectivity index (χ1n) is 5.02. The lowest BCUT2D eigenvalue weighted by atomic mass is 10.1. The van der Waals surface area contributed by atoms with Gasteiger partial charge in [0.05, 0.1) is 6.61 Å². The molecule has 4 heteroatoms. The third kappa shape index (κ3) is 5.86. The molecule has 0 spiro atoms. The molecule has 1 unspecified atom stereocenters. The maximum absolute atomic E-state index is 11.0. The Bertz CT molecular complexity index is 320. The van der Waals surface area contributed by atoms with Gasteiger partial charge in [0.2, 0.25) is 0 Å². The highest BCUT2D eigenvalue weighted by Gasteiger charge is 2.14. The van der Waals surface area contributed by atoms with Crippen molar-refractivity contribution in [1.29, 1.82) is 0 Å². The lowest BCUT2D eigenvalue weighted by Crippen LogP contribution is -2.21. The van der Waals surface area contributed by atoms with Crippen LogP contribution in [-0.4, -0.2) is 24.6 Å². The zero-order valence-corrected chi connectivity index (χ0v) is 9.78. The van der Waals surface area contributed by atoms with Gasteiger partial charge in [-0.25, -0.2) is 9.59 Å². The highest BCUT2D eigenvalue weighted by atomic mass is 16.5. The predicted molar refractivity (Wildman–Crippen MR) is 59.3 cm³/mol. The Morgan fingerprint density at radius 2 is 2.06 bits per heavy atom. The molecule has 16 heavy (non-hydrogen) atoms. The van der Waals surface area contributed by atoms with E-state index in [0.717, 1.165) is 6.08 Å². The minimum Gasteiger partial charge on any atom is -0.456 e. The number of hydrogen-bond acceptors (Lipinski definition) is 4. The van der Waals surface area contributed by atoms with Gasteiger partial charge in [0.15, 0.2) is 6.10 Å². The Morgan fingerprint density at radius 1 is 1.44 bits per heavy atom. The van der Waals surface area contributed by atoms with Gasteiger partial charge in [-0.3, -0.25) is 0 Å². The first-order chi connectivity index (χ1) is 7.51. The van der Waals surface area contributed by atoms with Crippen molar-refractivity contribution in [3.63, 3.8) is 0 Å². The van der Waals surface area contributed by atoms with Crippen molar-refractivity contribution in [3.05, 3.63) is 12.7 Å². The summed E-state index contributed by atoms with van der Waals surface area (Å²) in [7, 11) is 0. The van der Waals surface area contributed by atoms with Crippen molar-refractivity contribution in [1.82, 2.24) is 0 Å². The fourth-order valence-corrected chi connectivity index (χ4v) is 0.803. The largest absolute Gasteiger partial charge is 0.456 e. The van der Waals surface area contributed by atoms with E-state index < -0.39 is 18.0 Å². The molecule has 0 amide bonds. The van der Waals surface area contributed by atoms with E-state index in [4.69, 9.17) is 4.74 Å². The number of carbonyl (C=O) groups excluding carboxylic acids is 2. The number of carbonyl (C=O) groups is 2. The highest BCUT2D eigenvalue weighted by Crippen LogP contribution is 2.05. The highest BCUT2D eigenvalue weighted by molar-refractivity contribution is 5.88. The smallest absolute Gasteiger partial charge is 0.384 e. The molecule has 0 N–H and O–H groups in total. The molecule has 0 aliphatic rings. The van der Waals surface area contributed by atoms with E-state index in [2.05, 4.69) is 23.2 Å². The van der Waals surface area contributed by atoms with Crippen molar-refractivity contribution in [2.45, 2.75) is 26.9 Å². The van der Waals surface area contributed by atoms with E-state index in [-0.39, 0.29) is 12.5 Å². The molecule has 0 aromatic carbocycles. The molecule has 0 radical (unpaired) electrons. The van der Waals surface area contributed by atoms with E-state index in [1.165, 1.54) is 0 Å². The Balaban J connectivity index is 4.49. The van der Waals surface area contributed by atoms with Crippen molar-refractivity contribution < 1.29 is 19.1 Å². The zero-order chi connectivity index (χ0) is 12.6. The third-order valence-corrected chi connectivity index (χ3v) is 1.61. The van der Waals surface area contributed by atoms with Crippen LogP contribution >= 0.6 is 0 Å². The summed E-state index contributed by atoms with van der Waals surface area (Å²) in [5.41, 5.74) is 0. The van der Waals surface area contributed by atoms with Gasteiger partial charge in [0.1, 0.15) is 0 Å². The molecule has 88 valence electrons. The lowest BCUT2D eigenvalue weighted by Gasteiger charge is -2.14. The van der Waals surface area contributed by atoms with Gasteiger partial charge < -0.3 is 9.47 Å². The second-order valence-corrected chi connectivity index (χ2v) is 3.30. The van der Waals surface area contributed by atoms with E-state index in [0.29, 0.717) is 0 Å². The fourth-order valence-electron chi connectivity index (χ4n) is 0.803. The Kier molecular flexibility index (Phi) is 6.69. The molecule has 0 aliphatic carbocycles. The van der Waals surface area contributed by atoms with Gasteiger partial charge >= 0.3 is 11.9 Å². The van der Waals surface area contributed by atoms with Crippen LogP contribution in [0.25, 0.3) is 0 Å². The number of hydrogen-bond donors (Lipinski definition) is 0. The van der Waals surface area contributed by atoms with Crippen LogP contribution in [0.2, 0.25) is 0 Å². The summed E-state index contributed by atoms with van der Waals surface area (Å²) >= 11 is 0. The van der Waals surface area contributed by atoms with Gasteiger partial charge in [-0.1, -0.05) is 20.4 Å². The van der Waals surface area contributed by atoms with Crippen LogP contribution in [0.3, 0.4) is 0 Å². The number of ether oxygens (including phenoxy) is 2. The van der Waals surface area contributed by atoms with Crippen LogP contribution in [0.1, 0.15) is 20.8 Å². The Hall–Kier alpha value is -1.76. The summed E-state index contributed by atoms with van der Waals surface area (Å²) < 4.78 is 9.58. The van der Waals surface area contributed by atoms with Crippen LogP contribution < -0.4 is 0 Å². The van der Waals surface area contributed by atoms with Gasteiger partial charge in [-0.2, -0.15) is 0 Å². The summed E-state index contributed by atoms with van der Waals surface area (Å²) in [6.07, 6.45) is 0.427. The van der Waals surface area contributed by atoms with Crippen LogP contribution in [0.4, 0.5) is 0 Å². The normalized spacial score (nSPS) is 11.0. The first kappa shape index (κ1) is 14.2. The van der Waals surface area contributed by atoms with E-state index in [1.807, 2.05) is 13.8 Å². The fraction of sp³-hybridized carbons (Fsp3) is 0.500. The second-order valence-electron chi connectivity index (χ2n) is 3.30. The van der Waals surface area contributed by atoms with Gasteiger partial charge in [-0.15, -0.1) is 0 Å². The Labute approximate surface area is 95.6 Å². The van der Waals surface area contributed by atoms with E-state index in [1.54, 1.807) is 6.92 Å². The van der Waals surface area contributed by atoms with Gasteiger partial charge in [0, 0.05) is 17.9 Å². The molecule has 4 nitrogen and oxygen atoms in total. The summed E-state index contributed by atoms with van der Waals surface area (Å²) in [6.45, 7) is 8.91. The van der Waals surface area contributed by atoms with Crippen LogP contribution in [0.5, 0.6) is 0 Å². The third-order valence-electron chi connectivity index (χ3n) is 1.61. The second kappa shape index (κ2) is 7.52. The molecule has 0 aliphatic heterocycles. The average Bonchev–Trinajstić information content (AvgIpc) is 2.23. The van der Waals surface area contributed by atoms with Crippen LogP contribution in [0.15, 0.2) is 12.7 Å². The quantitative estimate of drug-likeness (QED) is 0.312. The Morgan fingerprint density at radius 3 is 2.50 bits per heavy atom. The number of esters is 2. The SMILES string of the molecule is C=CC(=O)OC(C#CC(=O)OCC)C(C)C. The van der Waals surface area contributed by atoms with E-state index >= 15 is 0 Å². The van der Waals surface area contributed by atoms with Crippen molar-refractivity contribution in [2.24, 2.45) is 5.92 Å². The molecular formula is C12H16O4. The molecule has 0 rings (SSSR count). The van der Waals surface area contributed by atoms with Crippen molar-refractivity contribution >= 4 is 11.9 Å². The molecule has 0 aromatic heterocycles. The monoisotopic (exact) mass is 224 g/mol. The maximum atomic E-state index is 11.0. The standard InChI is InChI=1S/C12H16O4/c1-5-11(13)16-10(9(3)4)7-8-12(14)15-6-2/h5,9-10H,1,6H2,2-4H3. The van der Waals surface area contributed by atoms with Gasteiger partial charge in [-0.05, 0) is 12.8 Å². The van der Waals surface area contributed by atoms with Crippen LogP contribution in [-0.2, 0) is 19.1 Å². The molecule has 0 heterocycles. The van der Waals surface area contributed by atoms with Crippen LogP contribution in [0, 0.1) is 17.8 Å². The van der Waals surface area contributed by atoms with E-state index in [9.17, 15) is 9.59 Å². The summed E-state index contributed by atoms with van der Waals surface area (Å²) in [5.74, 6) is 3.64. The molecular weight excluding hydrogens is 208 g/mol. The molecule has 0 bridgehead atoms. The maximum Gasteiger partial charge on any atom is 0.384 e. The predicted octanol–water partition coefficient (Wildman–Crippen LogP) is 1.31. The molecule has 0 aromatic rings. The molecule has 0 fully saturated rings. The minimum atomic E-state index is -0.630. The minimum absolute atomic E-state index is 0.00849.